The number of likely N-dealkylation sites (N-methyl/N-ethyl adjacent to an activating group) is 1. The molecule has 2 atom stereocenters. The number of aromatic nitrogens is 1. The summed E-state index contributed by atoms with van der Waals surface area (Å²) in [6, 6.07) is 12.0. The van der Waals surface area contributed by atoms with Crippen LogP contribution in [0, 0.1) is 0 Å². The molecule has 2 unspecified atom stereocenters. The highest BCUT2D eigenvalue weighted by molar-refractivity contribution is 5.64. The lowest BCUT2D eigenvalue weighted by Gasteiger charge is -2.27. The highest BCUT2D eigenvalue weighted by Gasteiger charge is 2.24. The van der Waals surface area contributed by atoms with Gasteiger partial charge in [0.25, 0.3) is 0 Å². The standard InChI is InChI=1S/C20H27N3O/c1-5-18-17(13-15(2)22-4)11-12-23(18)20(19(24)14-21-3)16-9-7-6-8-10-16/h5-13,19-22,24H,1,14H2,2-4H3/b15-13+. The second-order valence-corrected chi connectivity index (χ2v) is 5.83. The Morgan fingerprint density at radius 2 is 1.96 bits per heavy atom. The first-order valence-corrected chi connectivity index (χ1v) is 8.19. The van der Waals surface area contributed by atoms with Crippen molar-refractivity contribution in [2.45, 2.75) is 19.1 Å². The average Bonchev–Trinajstić information content (AvgIpc) is 2.98. The highest BCUT2D eigenvalue weighted by atomic mass is 16.3. The number of hydrogen-bond acceptors (Lipinski definition) is 3. The molecule has 24 heavy (non-hydrogen) atoms. The Hall–Kier alpha value is -2.30. The summed E-state index contributed by atoms with van der Waals surface area (Å²) in [6.45, 7) is 6.50. The van der Waals surface area contributed by atoms with Gasteiger partial charge in [-0.1, -0.05) is 36.9 Å². The zero-order valence-electron chi connectivity index (χ0n) is 14.7. The molecule has 0 fully saturated rings. The molecule has 4 heteroatoms. The van der Waals surface area contributed by atoms with Crippen molar-refractivity contribution >= 4 is 12.2 Å². The van der Waals surface area contributed by atoms with Gasteiger partial charge >= 0.3 is 0 Å². The molecule has 2 aromatic rings. The molecule has 2 rings (SSSR count). The number of nitrogens with zero attached hydrogens (tertiary/aromatic N) is 1. The van der Waals surface area contributed by atoms with Crippen molar-refractivity contribution in [1.29, 1.82) is 0 Å². The SMILES string of the molecule is C=Cc1c(/C=C(\C)NC)ccn1C(c1ccccc1)C(O)CNC. The zero-order chi connectivity index (χ0) is 17.5. The van der Waals surface area contributed by atoms with E-state index < -0.39 is 6.10 Å². The van der Waals surface area contributed by atoms with E-state index in [4.69, 9.17) is 0 Å². The van der Waals surface area contributed by atoms with Crippen LogP contribution in [0.25, 0.3) is 12.2 Å². The van der Waals surface area contributed by atoms with Gasteiger partial charge in [0.15, 0.2) is 0 Å². The summed E-state index contributed by atoms with van der Waals surface area (Å²) in [5, 5.41) is 16.9. The summed E-state index contributed by atoms with van der Waals surface area (Å²) in [6.07, 6.45) is 5.39. The van der Waals surface area contributed by atoms with Gasteiger partial charge in [0.2, 0.25) is 0 Å². The lowest BCUT2D eigenvalue weighted by Crippen LogP contribution is -2.33. The molecule has 1 aromatic carbocycles. The van der Waals surface area contributed by atoms with Gasteiger partial charge in [-0.15, -0.1) is 0 Å². The van der Waals surface area contributed by atoms with Gasteiger partial charge < -0.3 is 20.3 Å². The highest BCUT2D eigenvalue weighted by Crippen LogP contribution is 2.28. The lowest BCUT2D eigenvalue weighted by molar-refractivity contribution is 0.130. The number of hydrogen-bond donors (Lipinski definition) is 3. The fourth-order valence-electron chi connectivity index (χ4n) is 2.91. The first kappa shape index (κ1) is 18.0. The fourth-order valence-corrected chi connectivity index (χ4v) is 2.91. The molecule has 0 aliphatic heterocycles. The van der Waals surface area contributed by atoms with Gasteiger partial charge in [-0.05, 0) is 37.8 Å². The smallest absolute Gasteiger partial charge is 0.0912 e. The van der Waals surface area contributed by atoms with Crippen molar-refractivity contribution in [1.82, 2.24) is 15.2 Å². The predicted molar refractivity (Wildman–Crippen MR) is 102 cm³/mol. The van der Waals surface area contributed by atoms with E-state index >= 15 is 0 Å². The van der Waals surface area contributed by atoms with E-state index in [1.165, 1.54) is 0 Å². The third kappa shape index (κ3) is 3.96. The fraction of sp³-hybridized carbons (Fsp3) is 0.300. The third-order valence-electron chi connectivity index (χ3n) is 4.17. The molecule has 0 aliphatic rings. The van der Waals surface area contributed by atoms with Gasteiger partial charge in [0.05, 0.1) is 12.1 Å². The summed E-state index contributed by atoms with van der Waals surface area (Å²) in [4.78, 5) is 0. The maximum Gasteiger partial charge on any atom is 0.0912 e. The minimum absolute atomic E-state index is 0.177. The van der Waals surface area contributed by atoms with Crippen LogP contribution >= 0.6 is 0 Å². The van der Waals surface area contributed by atoms with Crippen LogP contribution in [0.3, 0.4) is 0 Å². The van der Waals surface area contributed by atoms with Crippen molar-refractivity contribution in [2.75, 3.05) is 20.6 Å². The number of aliphatic hydroxyl groups is 1. The molecule has 1 heterocycles. The van der Waals surface area contributed by atoms with Crippen LogP contribution < -0.4 is 10.6 Å². The Morgan fingerprint density at radius 3 is 2.54 bits per heavy atom. The minimum atomic E-state index is -0.550. The lowest BCUT2D eigenvalue weighted by atomic mass is 10.0. The Kier molecular flexibility index (Phi) is 6.41. The Morgan fingerprint density at radius 1 is 1.25 bits per heavy atom. The summed E-state index contributed by atoms with van der Waals surface area (Å²) in [5.74, 6) is 0. The monoisotopic (exact) mass is 325 g/mol. The quantitative estimate of drug-likeness (QED) is 0.699. The van der Waals surface area contributed by atoms with E-state index in [2.05, 4.69) is 33.9 Å². The van der Waals surface area contributed by atoms with Crippen molar-refractivity contribution in [2.24, 2.45) is 0 Å². The Labute approximate surface area is 144 Å². The molecule has 0 amide bonds. The second-order valence-electron chi connectivity index (χ2n) is 5.83. The van der Waals surface area contributed by atoms with Gasteiger partial charge in [-0.3, -0.25) is 0 Å². The van der Waals surface area contributed by atoms with Crippen LogP contribution in [0.15, 0.2) is 54.9 Å². The van der Waals surface area contributed by atoms with Crippen LogP contribution in [0.4, 0.5) is 0 Å². The number of benzene rings is 1. The topological polar surface area (TPSA) is 49.2 Å². The molecule has 3 N–H and O–H groups in total. The molecule has 4 nitrogen and oxygen atoms in total. The molecule has 0 radical (unpaired) electrons. The summed E-state index contributed by atoms with van der Waals surface area (Å²) >= 11 is 0. The van der Waals surface area contributed by atoms with Crippen molar-refractivity contribution in [3.05, 3.63) is 71.7 Å². The van der Waals surface area contributed by atoms with E-state index in [1.54, 1.807) is 0 Å². The van der Waals surface area contributed by atoms with Gasteiger partial charge in [0.1, 0.15) is 0 Å². The maximum absolute atomic E-state index is 10.7. The van der Waals surface area contributed by atoms with E-state index in [0.717, 1.165) is 22.5 Å². The predicted octanol–water partition coefficient (Wildman–Crippen LogP) is 2.88. The van der Waals surface area contributed by atoms with Crippen LogP contribution in [0.1, 0.15) is 29.8 Å². The molecule has 0 aliphatic carbocycles. The van der Waals surface area contributed by atoms with E-state index in [9.17, 15) is 5.11 Å². The van der Waals surface area contributed by atoms with Crippen LogP contribution in [-0.2, 0) is 0 Å². The first-order chi connectivity index (χ1) is 11.6. The normalized spacial score (nSPS) is 14.2. The molecule has 1 aromatic heterocycles. The number of rotatable bonds is 8. The molecule has 0 spiro atoms. The second kappa shape index (κ2) is 8.52. The zero-order valence-corrected chi connectivity index (χ0v) is 14.7. The van der Waals surface area contributed by atoms with Crippen LogP contribution in [0.5, 0.6) is 0 Å². The molecular weight excluding hydrogens is 298 g/mol. The molecule has 0 bridgehead atoms. The van der Waals surface area contributed by atoms with Gasteiger partial charge in [-0.25, -0.2) is 0 Å². The Balaban J connectivity index is 2.53. The maximum atomic E-state index is 10.7. The largest absolute Gasteiger partial charge is 0.392 e. The molecular formula is C20H27N3O. The summed E-state index contributed by atoms with van der Waals surface area (Å²) in [5.41, 5.74) is 4.21. The van der Waals surface area contributed by atoms with Crippen molar-refractivity contribution in [3.8, 4) is 0 Å². The number of nitrogens with one attached hydrogen (secondary N) is 2. The first-order valence-electron chi connectivity index (χ1n) is 8.19. The van der Waals surface area contributed by atoms with E-state index in [1.807, 2.05) is 63.6 Å². The van der Waals surface area contributed by atoms with Gasteiger partial charge in [-0.2, -0.15) is 0 Å². The Bertz CT molecular complexity index is 688. The summed E-state index contributed by atoms with van der Waals surface area (Å²) in [7, 11) is 3.75. The van der Waals surface area contributed by atoms with Crippen LogP contribution in [-0.4, -0.2) is 36.4 Å². The summed E-state index contributed by atoms with van der Waals surface area (Å²) < 4.78 is 2.10. The minimum Gasteiger partial charge on any atom is -0.392 e. The number of aliphatic hydroxyl groups excluding tert-OH is 1. The van der Waals surface area contributed by atoms with E-state index in [-0.39, 0.29) is 6.04 Å². The molecule has 0 saturated heterocycles. The average molecular weight is 325 g/mol. The number of allylic oxidation sites excluding steroid dienone is 1. The molecule has 128 valence electrons. The van der Waals surface area contributed by atoms with Gasteiger partial charge in [0, 0.05) is 36.7 Å². The third-order valence-corrected chi connectivity index (χ3v) is 4.17. The van der Waals surface area contributed by atoms with E-state index in [0.29, 0.717) is 6.54 Å². The van der Waals surface area contributed by atoms with Crippen LogP contribution in [0.2, 0.25) is 0 Å². The molecule has 0 saturated carbocycles. The van der Waals surface area contributed by atoms with Crippen molar-refractivity contribution < 1.29 is 5.11 Å². The van der Waals surface area contributed by atoms with Crippen molar-refractivity contribution in [3.63, 3.8) is 0 Å².